The van der Waals surface area contributed by atoms with Gasteiger partial charge in [0.1, 0.15) is 12.1 Å². The third kappa shape index (κ3) is 5.12. The van der Waals surface area contributed by atoms with Crippen molar-refractivity contribution in [3.8, 4) is 0 Å². The summed E-state index contributed by atoms with van der Waals surface area (Å²) < 4.78 is 53.4. The fraction of sp³-hybridized carbons (Fsp3) is 0.818. The molecule has 1 amide bonds. The minimum Gasteiger partial charge on any atom is -0.467 e. The van der Waals surface area contributed by atoms with Crippen molar-refractivity contribution in [2.75, 3.05) is 39.3 Å². The fourth-order valence-electron chi connectivity index (χ4n) is 2.20. The number of esters is 1. The maximum Gasteiger partial charge on any atom is 0.328 e. The van der Waals surface area contributed by atoms with E-state index in [2.05, 4.69) is 10.1 Å². The standard InChI is InChI=1S/C11H21N3O7S2/c1-8(11(16)21-2)12-10(15)9-7-13(22(3,17)18)5-6-14(9)23(4,19)20/h8-9H,5-7H2,1-4H3,(H,12,15)/t8-,9+/m1/s1. The van der Waals surface area contributed by atoms with Crippen molar-refractivity contribution in [1.82, 2.24) is 13.9 Å². The van der Waals surface area contributed by atoms with E-state index in [1.165, 1.54) is 6.92 Å². The summed E-state index contributed by atoms with van der Waals surface area (Å²) in [6, 6.07) is -2.23. The van der Waals surface area contributed by atoms with Crippen LogP contribution in [0.15, 0.2) is 0 Å². The lowest BCUT2D eigenvalue weighted by Gasteiger charge is -2.38. The third-order valence-corrected chi connectivity index (χ3v) is 5.96. The molecule has 1 heterocycles. The topological polar surface area (TPSA) is 130 Å². The molecular weight excluding hydrogens is 350 g/mol. The molecule has 12 heteroatoms. The van der Waals surface area contributed by atoms with Gasteiger partial charge >= 0.3 is 5.97 Å². The molecule has 134 valence electrons. The van der Waals surface area contributed by atoms with Crippen molar-refractivity contribution in [3.63, 3.8) is 0 Å². The average Bonchev–Trinajstić information content (AvgIpc) is 2.43. The van der Waals surface area contributed by atoms with E-state index in [9.17, 15) is 26.4 Å². The summed E-state index contributed by atoms with van der Waals surface area (Å²) in [7, 11) is -6.13. The zero-order valence-corrected chi connectivity index (χ0v) is 15.0. The zero-order valence-electron chi connectivity index (χ0n) is 13.3. The van der Waals surface area contributed by atoms with Gasteiger partial charge in [-0.05, 0) is 6.92 Å². The van der Waals surface area contributed by atoms with E-state index in [0.29, 0.717) is 0 Å². The highest BCUT2D eigenvalue weighted by Crippen LogP contribution is 2.16. The number of nitrogens with one attached hydrogen (secondary N) is 1. The molecule has 0 aromatic heterocycles. The first kappa shape index (κ1) is 19.8. The number of carbonyl (C=O) groups is 2. The molecule has 2 atom stereocenters. The molecule has 1 aliphatic heterocycles. The lowest BCUT2D eigenvalue weighted by Crippen LogP contribution is -2.62. The van der Waals surface area contributed by atoms with Crippen molar-refractivity contribution in [2.45, 2.75) is 19.0 Å². The molecule has 23 heavy (non-hydrogen) atoms. The minimum atomic E-state index is -3.72. The molecule has 10 nitrogen and oxygen atoms in total. The first-order chi connectivity index (χ1) is 10.4. The Morgan fingerprint density at radius 2 is 1.70 bits per heavy atom. The number of carbonyl (C=O) groups excluding carboxylic acids is 2. The highest BCUT2D eigenvalue weighted by atomic mass is 32.2. The van der Waals surface area contributed by atoms with Crippen LogP contribution in [0.4, 0.5) is 0 Å². The highest BCUT2D eigenvalue weighted by Gasteiger charge is 2.40. The quantitative estimate of drug-likeness (QED) is 0.532. The van der Waals surface area contributed by atoms with E-state index >= 15 is 0 Å². The largest absolute Gasteiger partial charge is 0.467 e. The number of ether oxygens (including phenoxy) is 1. The molecule has 1 rings (SSSR count). The predicted octanol–water partition coefficient (Wildman–Crippen LogP) is -2.43. The normalized spacial score (nSPS) is 22.3. The molecule has 1 saturated heterocycles. The van der Waals surface area contributed by atoms with Gasteiger partial charge in [-0.15, -0.1) is 0 Å². The molecule has 0 unspecified atom stereocenters. The number of sulfonamides is 2. The molecule has 0 bridgehead atoms. The van der Waals surface area contributed by atoms with Gasteiger partial charge in [0.2, 0.25) is 26.0 Å². The number of hydrogen-bond acceptors (Lipinski definition) is 7. The van der Waals surface area contributed by atoms with Crippen molar-refractivity contribution < 1.29 is 31.2 Å². The molecule has 1 N–H and O–H groups in total. The number of rotatable bonds is 5. The van der Waals surface area contributed by atoms with Gasteiger partial charge in [-0.1, -0.05) is 0 Å². The number of nitrogens with zero attached hydrogens (tertiary/aromatic N) is 2. The van der Waals surface area contributed by atoms with Gasteiger partial charge in [-0.2, -0.15) is 8.61 Å². The van der Waals surface area contributed by atoms with Crippen LogP contribution in [-0.2, 0) is 34.4 Å². The van der Waals surface area contributed by atoms with Crippen LogP contribution in [0, 0.1) is 0 Å². The Hall–Kier alpha value is -1.24. The lowest BCUT2D eigenvalue weighted by atomic mass is 10.2. The number of amides is 1. The second kappa shape index (κ2) is 7.11. The minimum absolute atomic E-state index is 0.0394. The van der Waals surface area contributed by atoms with Crippen LogP contribution in [0.25, 0.3) is 0 Å². The summed E-state index contributed by atoms with van der Waals surface area (Å²) in [6.07, 6.45) is 1.92. The molecule has 0 aromatic carbocycles. The van der Waals surface area contributed by atoms with E-state index < -0.39 is 44.0 Å². The fourth-order valence-corrected chi connectivity index (χ4v) is 4.06. The van der Waals surface area contributed by atoms with Crippen molar-refractivity contribution in [2.24, 2.45) is 0 Å². The van der Waals surface area contributed by atoms with Crippen LogP contribution in [0.5, 0.6) is 0 Å². The molecule has 0 aliphatic carbocycles. The molecule has 0 spiro atoms. The van der Waals surface area contributed by atoms with Crippen LogP contribution in [0.1, 0.15) is 6.92 Å². The molecule has 1 fully saturated rings. The molecular formula is C11H21N3O7S2. The SMILES string of the molecule is COC(=O)[C@@H](C)NC(=O)[C@@H]1CN(S(C)(=O)=O)CCN1S(C)(=O)=O. The average molecular weight is 371 g/mol. The predicted molar refractivity (Wildman–Crippen MR) is 81.4 cm³/mol. The number of methoxy groups -OCH3 is 1. The Morgan fingerprint density at radius 1 is 1.13 bits per heavy atom. The zero-order chi connectivity index (χ0) is 18.0. The summed E-state index contributed by atoms with van der Waals surface area (Å²) in [6.45, 7) is 0.885. The first-order valence-electron chi connectivity index (χ1n) is 6.68. The van der Waals surface area contributed by atoms with Crippen molar-refractivity contribution in [1.29, 1.82) is 0 Å². The summed E-state index contributed by atoms with van der Waals surface area (Å²) in [5.41, 5.74) is 0. The summed E-state index contributed by atoms with van der Waals surface area (Å²) >= 11 is 0. The Bertz CT molecular complexity index is 674. The van der Waals surface area contributed by atoms with Crippen LogP contribution in [-0.4, -0.2) is 88.7 Å². The Kier molecular flexibility index (Phi) is 6.12. The van der Waals surface area contributed by atoms with Gasteiger partial charge in [-0.25, -0.2) is 21.6 Å². The van der Waals surface area contributed by atoms with E-state index in [0.717, 1.165) is 28.2 Å². The van der Waals surface area contributed by atoms with Crippen LogP contribution < -0.4 is 5.32 Å². The number of piperazine rings is 1. The second-order valence-electron chi connectivity index (χ2n) is 5.26. The molecule has 0 radical (unpaired) electrons. The van der Waals surface area contributed by atoms with Gasteiger partial charge < -0.3 is 10.1 Å². The van der Waals surface area contributed by atoms with Crippen molar-refractivity contribution >= 4 is 31.9 Å². The maximum absolute atomic E-state index is 12.3. The van der Waals surface area contributed by atoms with Gasteiger partial charge in [-0.3, -0.25) is 4.79 Å². The second-order valence-corrected chi connectivity index (χ2v) is 9.18. The van der Waals surface area contributed by atoms with Gasteiger partial charge in [0.05, 0.1) is 19.6 Å². The van der Waals surface area contributed by atoms with Gasteiger partial charge in [0, 0.05) is 19.6 Å². The lowest BCUT2D eigenvalue weighted by molar-refractivity contribution is -0.145. The van der Waals surface area contributed by atoms with E-state index in [1.54, 1.807) is 0 Å². The number of hydrogen-bond donors (Lipinski definition) is 1. The Labute approximate surface area is 135 Å². The van der Waals surface area contributed by atoms with E-state index in [-0.39, 0.29) is 19.6 Å². The first-order valence-corrected chi connectivity index (χ1v) is 10.4. The summed E-state index contributed by atoms with van der Waals surface area (Å²) in [5, 5.41) is 2.33. The third-order valence-electron chi connectivity index (χ3n) is 3.41. The van der Waals surface area contributed by atoms with Gasteiger partial charge in [0.15, 0.2) is 0 Å². The van der Waals surface area contributed by atoms with E-state index in [4.69, 9.17) is 0 Å². The summed E-state index contributed by atoms with van der Waals surface area (Å²) in [5.74, 6) is -1.46. The monoisotopic (exact) mass is 371 g/mol. The van der Waals surface area contributed by atoms with Crippen LogP contribution in [0.2, 0.25) is 0 Å². The highest BCUT2D eigenvalue weighted by molar-refractivity contribution is 7.88. The Morgan fingerprint density at radius 3 is 2.13 bits per heavy atom. The molecule has 0 aromatic rings. The smallest absolute Gasteiger partial charge is 0.328 e. The molecule has 0 saturated carbocycles. The Balaban J connectivity index is 3.02. The molecule has 1 aliphatic rings. The maximum atomic E-state index is 12.3. The summed E-state index contributed by atoms with van der Waals surface area (Å²) in [4.78, 5) is 23.7. The van der Waals surface area contributed by atoms with Crippen LogP contribution >= 0.6 is 0 Å². The van der Waals surface area contributed by atoms with Crippen LogP contribution in [0.3, 0.4) is 0 Å². The van der Waals surface area contributed by atoms with Crippen molar-refractivity contribution in [3.05, 3.63) is 0 Å². The van der Waals surface area contributed by atoms with E-state index in [1.807, 2.05) is 0 Å². The van der Waals surface area contributed by atoms with Gasteiger partial charge in [0.25, 0.3) is 0 Å².